The van der Waals surface area contributed by atoms with E-state index in [1.807, 2.05) is 7.05 Å². The molecule has 2 rings (SSSR count). The number of hydrogen-bond acceptors (Lipinski definition) is 3. The van der Waals surface area contributed by atoms with Gasteiger partial charge in [-0.05, 0) is 23.8 Å². The van der Waals surface area contributed by atoms with E-state index in [2.05, 4.69) is 15.4 Å². The van der Waals surface area contributed by atoms with Gasteiger partial charge in [0.15, 0.2) is 5.82 Å². The third kappa shape index (κ3) is 3.51. The van der Waals surface area contributed by atoms with Crippen LogP contribution in [-0.4, -0.2) is 21.3 Å². The van der Waals surface area contributed by atoms with Gasteiger partial charge in [0.05, 0.1) is 0 Å². The summed E-state index contributed by atoms with van der Waals surface area (Å²) in [5.74, 6) is 0.512. The van der Waals surface area contributed by atoms with Gasteiger partial charge < -0.3 is 5.32 Å². The van der Waals surface area contributed by atoms with Crippen LogP contribution >= 0.6 is 11.6 Å². The summed E-state index contributed by atoms with van der Waals surface area (Å²) in [4.78, 5) is 4.12. The molecular weight excluding hydrogens is 255 g/mol. The van der Waals surface area contributed by atoms with Crippen LogP contribution in [0.15, 0.2) is 24.5 Å². The summed E-state index contributed by atoms with van der Waals surface area (Å²) in [6.45, 7) is 1.25. The molecule has 0 spiro atoms. The molecule has 2 aromatic rings. The Balaban J connectivity index is 1.80. The lowest BCUT2D eigenvalue weighted by atomic mass is 10.2. The number of halogens is 2. The Labute approximate surface area is 110 Å². The molecule has 0 fully saturated rings. The molecule has 0 bridgehead atoms. The molecule has 0 saturated carbocycles. The van der Waals surface area contributed by atoms with Crippen molar-refractivity contribution in [3.05, 3.63) is 46.8 Å². The predicted molar refractivity (Wildman–Crippen MR) is 67.8 cm³/mol. The van der Waals surface area contributed by atoms with Gasteiger partial charge in [-0.3, -0.25) is 4.68 Å². The quantitative estimate of drug-likeness (QED) is 0.843. The second kappa shape index (κ2) is 5.93. The monoisotopic (exact) mass is 268 g/mol. The van der Waals surface area contributed by atoms with Gasteiger partial charge >= 0.3 is 0 Å². The summed E-state index contributed by atoms with van der Waals surface area (Å²) in [6.07, 6.45) is 2.40. The normalized spacial score (nSPS) is 10.8. The van der Waals surface area contributed by atoms with Gasteiger partial charge in [0.1, 0.15) is 12.1 Å². The van der Waals surface area contributed by atoms with Crippen molar-refractivity contribution in [1.82, 2.24) is 20.1 Å². The highest BCUT2D eigenvalue weighted by Crippen LogP contribution is 2.16. The average Bonchev–Trinajstić information content (AvgIpc) is 2.75. The summed E-state index contributed by atoms with van der Waals surface area (Å²) in [5, 5.41) is 7.92. The van der Waals surface area contributed by atoms with E-state index >= 15 is 0 Å². The van der Waals surface area contributed by atoms with Crippen LogP contribution in [0.2, 0.25) is 5.02 Å². The summed E-state index contributed by atoms with van der Waals surface area (Å²) in [7, 11) is 1.83. The molecular formula is C12H14ClFN4. The third-order valence-corrected chi connectivity index (χ3v) is 2.86. The van der Waals surface area contributed by atoms with Crippen molar-refractivity contribution in [2.24, 2.45) is 7.05 Å². The van der Waals surface area contributed by atoms with Crippen molar-refractivity contribution in [2.45, 2.75) is 13.0 Å². The number of aromatic nitrogens is 3. The third-order valence-electron chi connectivity index (χ3n) is 2.50. The zero-order valence-electron chi connectivity index (χ0n) is 10.0. The zero-order chi connectivity index (χ0) is 13.0. The van der Waals surface area contributed by atoms with E-state index in [0.29, 0.717) is 11.6 Å². The first-order valence-electron chi connectivity index (χ1n) is 5.64. The Morgan fingerprint density at radius 1 is 1.44 bits per heavy atom. The molecule has 4 nitrogen and oxygen atoms in total. The van der Waals surface area contributed by atoms with Gasteiger partial charge in [-0.1, -0.05) is 11.6 Å². The largest absolute Gasteiger partial charge is 0.312 e. The van der Waals surface area contributed by atoms with Gasteiger partial charge in [0, 0.05) is 31.6 Å². The van der Waals surface area contributed by atoms with Gasteiger partial charge in [-0.15, -0.1) is 0 Å². The smallest absolute Gasteiger partial charge is 0.151 e. The lowest BCUT2D eigenvalue weighted by molar-refractivity contribution is 0.618. The molecule has 0 aliphatic rings. The molecule has 1 aromatic heterocycles. The van der Waals surface area contributed by atoms with Gasteiger partial charge in [0.2, 0.25) is 0 Å². The van der Waals surface area contributed by atoms with E-state index in [0.717, 1.165) is 24.4 Å². The van der Waals surface area contributed by atoms with E-state index in [1.165, 1.54) is 12.1 Å². The molecule has 0 amide bonds. The highest BCUT2D eigenvalue weighted by Gasteiger charge is 2.02. The molecule has 0 aliphatic heterocycles. The maximum atomic E-state index is 13.0. The fourth-order valence-electron chi connectivity index (χ4n) is 1.60. The first kappa shape index (κ1) is 13.0. The SMILES string of the molecule is Cn1cnc(CCNCc2cc(F)ccc2Cl)n1. The van der Waals surface area contributed by atoms with Crippen LogP contribution in [-0.2, 0) is 20.0 Å². The lowest BCUT2D eigenvalue weighted by Crippen LogP contribution is -2.17. The minimum Gasteiger partial charge on any atom is -0.312 e. The first-order chi connectivity index (χ1) is 8.65. The summed E-state index contributed by atoms with van der Waals surface area (Å²) < 4.78 is 14.7. The molecule has 0 unspecified atom stereocenters. The van der Waals surface area contributed by atoms with Gasteiger partial charge in [-0.2, -0.15) is 5.10 Å². The van der Waals surface area contributed by atoms with Crippen molar-refractivity contribution in [3.8, 4) is 0 Å². The standard InChI is InChI=1S/C12H14ClFN4/c1-18-8-16-12(17-18)4-5-15-7-9-6-10(14)2-3-11(9)13/h2-3,6,8,15H,4-5,7H2,1H3. The van der Waals surface area contributed by atoms with E-state index in [1.54, 1.807) is 17.1 Å². The van der Waals surface area contributed by atoms with E-state index in [-0.39, 0.29) is 5.82 Å². The number of nitrogens with zero attached hydrogens (tertiary/aromatic N) is 3. The summed E-state index contributed by atoms with van der Waals surface area (Å²) >= 11 is 5.96. The van der Waals surface area contributed by atoms with Gasteiger partial charge in [0.25, 0.3) is 0 Å². The van der Waals surface area contributed by atoms with Crippen LogP contribution in [0.25, 0.3) is 0 Å². The predicted octanol–water partition coefficient (Wildman–Crippen LogP) is 1.94. The summed E-state index contributed by atoms with van der Waals surface area (Å²) in [6, 6.07) is 4.35. The Hall–Kier alpha value is -1.46. The molecule has 0 saturated heterocycles. The maximum absolute atomic E-state index is 13.0. The van der Waals surface area contributed by atoms with Crippen molar-refractivity contribution >= 4 is 11.6 Å². The number of benzene rings is 1. The van der Waals surface area contributed by atoms with Crippen molar-refractivity contribution in [1.29, 1.82) is 0 Å². The number of nitrogens with one attached hydrogen (secondary N) is 1. The molecule has 1 aromatic carbocycles. The summed E-state index contributed by atoms with van der Waals surface area (Å²) in [5.41, 5.74) is 0.755. The minimum atomic E-state index is -0.275. The molecule has 0 aliphatic carbocycles. The van der Waals surface area contributed by atoms with Crippen LogP contribution < -0.4 is 5.32 Å². The van der Waals surface area contributed by atoms with Crippen LogP contribution in [0, 0.1) is 5.82 Å². The van der Waals surface area contributed by atoms with Gasteiger partial charge in [-0.25, -0.2) is 9.37 Å². The lowest BCUT2D eigenvalue weighted by Gasteiger charge is -2.05. The molecule has 0 radical (unpaired) electrons. The highest BCUT2D eigenvalue weighted by molar-refractivity contribution is 6.31. The van der Waals surface area contributed by atoms with Crippen LogP contribution in [0.1, 0.15) is 11.4 Å². The molecule has 18 heavy (non-hydrogen) atoms. The molecule has 1 heterocycles. The van der Waals surface area contributed by atoms with Crippen LogP contribution in [0.5, 0.6) is 0 Å². The second-order valence-corrected chi connectivity index (χ2v) is 4.40. The average molecular weight is 269 g/mol. The Bertz CT molecular complexity index is 527. The highest BCUT2D eigenvalue weighted by atomic mass is 35.5. The zero-order valence-corrected chi connectivity index (χ0v) is 10.8. The van der Waals surface area contributed by atoms with Crippen LogP contribution in [0.4, 0.5) is 4.39 Å². The molecule has 6 heteroatoms. The van der Waals surface area contributed by atoms with Crippen molar-refractivity contribution in [3.63, 3.8) is 0 Å². The van der Waals surface area contributed by atoms with E-state index < -0.39 is 0 Å². The topological polar surface area (TPSA) is 42.7 Å². The Morgan fingerprint density at radius 3 is 3.00 bits per heavy atom. The van der Waals surface area contributed by atoms with E-state index in [9.17, 15) is 4.39 Å². The second-order valence-electron chi connectivity index (χ2n) is 4.00. The molecule has 0 atom stereocenters. The van der Waals surface area contributed by atoms with Crippen molar-refractivity contribution in [2.75, 3.05) is 6.54 Å². The van der Waals surface area contributed by atoms with E-state index in [4.69, 9.17) is 11.6 Å². The number of rotatable bonds is 5. The number of aryl methyl sites for hydroxylation is 1. The van der Waals surface area contributed by atoms with Crippen molar-refractivity contribution < 1.29 is 4.39 Å². The minimum absolute atomic E-state index is 0.275. The fraction of sp³-hybridized carbons (Fsp3) is 0.333. The molecule has 96 valence electrons. The Morgan fingerprint density at radius 2 is 2.28 bits per heavy atom. The Kier molecular flexibility index (Phi) is 4.28. The van der Waals surface area contributed by atoms with Crippen LogP contribution in [0.3, 0.4) is 0 Å². The molecule has 1 N–H and O–H groups in total. The first-order valence-corrected chi connectivity index (χ1v) is 6.02. The number of hydrogen-bond donors (Lipinski definition) is 1. The fourth-order valence-corrected chi connectivity index (χ4v) is 1.78. The maximum Gasteiger partial charge on any atom is 0.151 e.